The third kappa shape index (κ3) is 11.5. The van der Waals surface area contributed by atoms with Crippen molar-refractivity contribution in [3.05, 3.63) is 109 Å². The van der Waals surface area contributed by atoms with Gasteiger partial charge in [0.05, 0.1) is 23.6 Å². The SMILES string of the molecule is CCC(COc1cccc2ccc(-c3ccc(N(CC)CC)cc3)nc12)OC1CCCCO1.CCC(O)COc1cccc2ccc(-c3ccc(N(CC)CC)cc3)nc12. The summed E-state index contributed by atoms with van der Waals surface area (Å²) >= 11 is 0. The number of anilines is 2. The Morgan fingerprint density at radius 1 is 0.600 bits per heavy atom. The molecule has 1 aliphatic heterocycles. The summed E-state index contributed by atoms with van der Waals surface area (Å²) in [6.07, 6.45) is 4.22. The van der Waals surface area contributed by atoms with Crippen molar-refractivity contribution in [2.75, 3.05) is 55.8 Å². The normalized spacial score (nSPS) is 14.9. The van der Waals surface area contributed by atoms with Gasteiger partial charge in [0.15, 0.2) is 6.29 Å². The number of hydrogen-bond donors (Lipinski definition) is 1. The summed E-state index contributed by atoms with van der Waals surface area (Å²) in [6.45, 7) is 18.3. The zero-order valence-electron chi connectivity index (χ0n) is 36.5. The second kappa shape index (κ2) is 22.4. The Morgan fingerprint density at radius 3 is 1.53 bits per heavy atom. The maximum absolute atomic E-state index is 9.79. The molecule has 9 nitrogen and oxygen atoms in total. The Labute approximate surface area is 357 Å². The molecule has 0 saturated carbocycles. The van der Waals surface area contributed by atoms with E-state index in [1.54, 1.807) is 0 Å². The number of aromatic nitrogens is 2. The number of benzene rings is 4. The van der Waals surface area contributed by atoms with Crippen LogP contribution in [0, 0.1) is 0 Å². The predicted octanol–water partition coefficient (Wildman–Crippen LogP) is 11.3. The van der Waals surface area contributed by atoms with Crippen LogP contribution in [-0.4, -0.2) is 79.6 Å². The van der Waals surface area contributed by atoms with Crippen LogP contribution in [0.15, 0.2) is 109 Å². The molecule has 3 atom stereocenters. The highest BCUT2D eigenvalue weighted by molar-refractivity contribution is 5.88. The van der Waals surface area contributed by atoms with Crippen LogP contribution in [0.1, 0.15) is 73.6 Å². The summed E-state index contributed by atoms with van der Waals surface area (Å²) in [7, 11) is 0. The lowest BCUT2D eigenvalue weighted by Crippen LogP contribution is -2.31. The monoisotopic (exact) mass is 812 g/mol. The number of para-hydroxylation sites is 2. The first-order valence-electron chi connectivity index (χ1n) is 22.1. The minimum atomic E-state index is -0.462. The molecule has 60 heavy (non-hydrogen) atoms. The summed E-state index contributed by atoms with van der Waals surface area (Å²) in [4.78, 5) is 14.5. The Kier molecular flexibility index (Phi) is 16.6. The van der Waals surface area contributed by atoms with Crippen LogP contribution in [0.5, 0.6) is 11.5 Å². The van der Waals surface area contributed by atoms with E-state index in [0.29, 0.717) is 18.8 Å². The van der Waals surface area contributed by atoms with E-state index in [1.165, 1.54) is 11.4 Å². The Bertz CT molecular complexity index is 2200. The first-order chi connectivity index (χ1) is 29.4. The number of pyridine rings is 2. The van der Waals surface area contributed by atoms with Gasteiger partial charge >= 0.3 is 0 Å². The van der Waals surface area contributed by atoms with Gasteiger partial charge in [-0.15, -0.1) is 0 Å². The molecule has 318 valence electrons. The molecule has 0 bridgehead atoms. The van der Waals surface area contributed by atoms with Crippen molar-refractivity contribution in [3.8, 4) is 34.0 Å². The maximum atomic E-state index is 9.79. The molecule has 1 fully saturated rings. The molecule has 1 saturated heterocycles. The van der Waals surface area contributed by atoms with Crippen LogP contribution >= 0.6 is 0 Å². The molecule has 1 aliphatic rings. The van der Waals surface area contributed by atoms with Gasteiger partial charge in [0, 0.05) is 66.1 Å². The molecular weight excluding hydrogens is 749 g/mol. The molecule has 1 N–H and O–H groups in total. The third-order valence-electron chi connectivity index (χ3n) is 11.2. The fourth-order valence-electron chi connectivity index (χ4n) is 7.43. The quantitative estimate of drug-likeness (QED) is 0.0911. The topological polar surface area (TPSA) is 89.4 Å². The lowest BCUT2D eigenvalue weighted by atomic mass is 10.1. The van der Waals surface area contributed by atoms with Gasteiger partial charge in [0.25, 0.3) is 0 Å². The van der Waals surface area contributed by atoms with Gasteiger partial charge in [-0.3, -0.25) is 0 Å². The van der Waals surface area contributed by atoms with Crippen molar-refractivity contribution in [1.29, 1.82) is 0 Å². The van der Waals surface area contributed by atoms with Crippen molar-refractivity contribution >= 4 is 33.2 Å². The van der Waals surface area contributed by atoms with E-state index < -0.39 is 6.10 Å². The van der Waals surface area contributed by atoms with E-state index >= 15 is 0 Å². The Morgan fingerprint density at radius 2 is 1.10 bits per heavy atom. The molecule has 3 unspecified atom stereocenters. The molecule has 0 amide bonds. The standard InChI is InChI=1S/C28H36N2O3.C23H28N2O2/c1-4-24(33-27-12-7-8-19-31-27)20-32-26-11-9-10-22-15-18-25(29-28(22)26)21-13-16-23(17-14-21)30(5-2)6-3;1-4-20(26)16-27-22-9-7-8-18-12-15-21(24-23(18)22)17-10-13-19(14-11-17)25(5-2)6-3/h9-11,13-18,24,27H,4-8,12,19-20H2,1-3H3;7-15,20,26H,4-6,16H2,1-3H3. The molecule has 2 aromatic heterocycles. The van der Waals surface area contributed by atoms with Crippen LogP contribution in [0.4, 0.5) is 11.4 Å². The average molecular weight is 813 g/mol. The number of aliphatic hydroxyl groups excluding tert-OH is 1. The summed E-state index contributed by atoms with van der Waals surface area (Å²) in [6, 6.07) is 37.5. The Balaban J connectivity index is 0.000000205. The fourth-order valence-corrected chi connectivity index (χ4v) is 7.43. The summed E-state index contributed by atoms with van der Waals surface area (Å²) < 4.78 is 23.9. The van der Waals surface area contributed by atoms with E-state index in [2.05, 4.69) is 117 Å². The molecule has 3 heterocycles. The number of rotatable bonds is 18. The average Bonchev–Trinajstić information content (AvgIpc) is 3.31. The first-order valence-corrected chi connectivity index (χ1v) is 22.1. The van der Waals surface area contributed by atoms with Gasteiger partial charge in [0.1, 0.15) is 35.7 Å². The minimum absolute atomic E-state index is 0.000778. The van der Waals surface area contributed by atoms with Gasteiger partial charge in [-0.2, -0.15) is 0 Å². The van der Waals surface area contributed by atoms with E-state index in [1.807, 2.05) is 43.3 Å². The van der Waals surface area contributed by atoms with Crippen molar-refractivity contribution in [2.24, 2.45) is 0 Å². The summed E-state index contributed by atoms with van der Waals surface area (Å²) in [5, 5.41) is 11.9. The molecule has 4 aromatic carbocycles. The highest BCUT2D eigenvalue weighted by Gasteiger charge is 2.20. The van der Waals surface area contributed by atoms with Gasteiger partial charge in [-0.1, -0.05) is 74.5 Å². The summed E-state index contributed by atoms with van der Waals surface area (Å²) in [5.41, 5.74) is 8.22. The molecule has 9 heteroatoms. The molecular formula is C51H64N4O5. The van der Waals surface area contributed by atoms with E-state index in [4.69, 9.17) is 28.9 Å². The lowest BCUT2D eigenvalue weighted by molar-refractivity contribution is -0.193. The van der Waals surface area contributed by atoms with Crippen LogP contribution in [0.25, 0.3) is 44.3 Å². The molecule has 7 rings (SSSR count). The van der Waals surface area contributed by atoms with Crippen LogP contribution < -0.4 is 19.3 Å². The van der Waals surface area contributed by atoms with Crippen molar-refractivity contribution in [1.82, 2.24) is 9.97 Å². The number of hydrogen-bond acceptors (Lipinski definition) is 9. The zero-order chi connectivity index (χ0) is 42.3. The number of aliphatic hydroxyl groups is 1. The number of nitrogens with zero attached hydrogens (tertiary/aromatic N) is 4. The third-order valence-corrected chi connectivity index (χ3v) is 11.2. The van der Waals surface area contributed by atoms with Gasteiger partial charge in [0.2, 0.25) is 0 Å². The first kappa shape index (κ1) is 44.3. The van der Waals surface area contributed by atoms with Crippen molar-refractivity contribution in [3.63, 3.8) is 0 Å². The molecule has 0 radical (unpaired) electrons. The largest absolute Gasteiger partial charge is 0.489 e. The number of fused-ring (bicyclic) bond motifs is 2. The fraction of sp³-hybridized carbons (Fsp3) is 0.412. The summed E-state index contributed by atoms with van der Waals surface area (Å²) in [5.74, 6) is 1.50. The predicted molar refractivity (Wildman–Crippen MR) is 248 cm³/mol. The molecule has 0 spiro atoms. The van der Waals surface area contributed by atoms with Crippen molar-refractivity contribution < 1.29 is 24.1 Å². The van der Waals surface area contributed by atoms with Gasteiger partial charge < -0.3 is 33.9 Å². The van der Waals surface area contributed by atoms with Crippen LogP contribution in [0.3, 0.4) is 0 Å². The number of ether oxygens (including phenoxy) is 4. The second-order valence-corrected chi connectivity index (χ2v) is 15.1. The van der Waals surface area contributed by atoms with E-state index in [9.17, 15) is 5.11 Å². The molecule has 6 aromatic rings. The van der Waals surface area contributed by atoms with Crippen LogP contribution in [-0.2, 0) is 9.47 Å². The lowest BCUT2D eigenvalue weighted by Gasteiger charge is -2.27. The minimum Gasteiger partial charge on any atom is -0.489 e. The Hall–Kier alpha value is -5.22. The van der Waals surface area contributed by atoms with E-state index in [0.717, 1.165) is 109 Å². The van der Waals surface area contributed by atoms with Crippen molar-refractivity contribution in [2.45, 2.75) is 92.1 Å². The molecule has 0 aliphatic carbocycles. The van der Waals surface area contributed by atoms with Crippen LogP contribution in [0.2, 0.25) is 0 Å². The zero-order valence-corrected chi connectivity index (χ0v) is 36.5. The maximum Gasteiger partial charge on any atom is 0.158 e. The second-order valence-electron chi connectivity index (χ2n) is 15.1. The highest BCUT2D eigenvalue weighted by atomic mass is 16.7. The van der Waals surface area contributed by atoms with Gasteiger partial charge in [-0.25, -0.2) is 9.97 Å². The van der Waals surface area contributed by atoms with Gasteiger partial charge in [-0.05, 0) is 108 Å². The smallest absolute Gasteiger partial charge is 0.158 e. The van der Waals surface area contributed by atoms with E-state index in [-0.39, 0.29) is 19.0 Å². The highest BCUT2D eigenvalue weighted by Crippen LogP contribution is 2.31.